The highest BCUT2D eigenvalue weighted by Gasteiger charge is 2.50. The van der Waals surface area contributed by atoms with Gasteiger partial charge in [-0.3, -0.25) is 24.0 Å². The third-order valence-electron chi connectivity index (χ3n) is 10.6. The number of rotatable bonds is 12. The number of esters is 5. The van der Waals surface area contributed by atoms with E-state index in [4.69, 9.17) is 42.6 Å². The van der Waals surface area contributed by atoms with Gasteiger partial charge in [-0.2, -0.15) is 0 Å². The van der Waals surface area contributed by atoms with Gasteiger partial charge in [0.25, 0.3) is 0 Å². The maximum Gasteiger partial charge on any atom is 0.313 e. The Balaban J connectivity index is 0.000000953. The van der Waals surface area contributed by atoms with Crippen molar-refractivity contribution in [2.45, 2.75) is 152 Å². The summed E-state index contributed by atoms with van der Waals surface area (Å²) >= 11 is 0. The van der Waals surface area contributed by atoms with Gasteiger partial charge >= 0.3 is 29.8 Å². The van der Waals surface area contributed by atoms with Crippen molar-refractivity contribution in [2.75, 3.05) is 26.9 Å². The molecule has 306 valence electrons. The monoisotopic (exact) mass is 760 g/mol. The third-order valence-corrected chi connectivity index (χ3v) is 10.6. The molecule has 0 aromatic rings. The molecule has 0 radical (unpaired) electrons. The van der Waals surface area contributed by atoms with Crippen molar-refractivity contribution in [3.63, 3.8) is 0 Å². The molecule has 3 heterocycles. The van der Waals surface area contributed by atoms with Crippen molar-refractivity contribution in [3.8, 4) is 0 Å². The van der Waals surface area contributed by atoms with Crippen LogP contribution in [0.3, 0.4) is 0 Å². The van der Waals surface area contributed by atoms with E-state index in [1.165, 1.54) is 27.9 Å². The SMILES string of the molecule is CCC(C)(C)C(=O)OC.CCC(C)(C)C(=O)OC1OCC(OC2OCC(OC3OCC(C)C(C)C3OC(C)=O)C(C)C2OC(C)=O)C(C)C1OC(C)=O. The number of hydrogen-bond acceptors (Lipinski definition) is 15. The van der Waals surface area contributed by atoms with E-state index in [2.05, 4.69) is 4.74 Å². The molecule has 0 bridgehead atoms. The molecule has 0 N–H and O–H groups in total. The van der Waals surface area contributed by atoms with Crippen LogP contribution in [0.15, 0.2) is 0 Å². The van der Waals surface area contributed by atoms with Gasteiger partial charge in [0.1, 0.15) is 0 Å². The van der Waals surface area contributed by atoms with E-state index < -0.39 is 90.5 Å². The van der Waals surface area contributed by atoms with E-state index in [0.29, 0.717) is 13.0 Å². The van der Waals surface area contributed by atoms with E-state index in [0.717, 1.165) is 6.42 Å². The number of hydrogen-bond donors (Lipinski definition) is 0. The lowest BCUT2D eigenvalue weighted by Crippen LogP contribution is -2.58. The summed E-state index contributed by atoms with van der Waals surface area (Å²) in [6.07, 6.45) is -5.27. The molecule has 53 heavy (non-hydrogen) atoms. The number of methoxy groups -OCH3 is 1. The van der Waals surface area contributed by atoms with Crippen molar-refractivity contribution in [1.29, 1.82) is 0 Å². The molecule has 15 heteroatoms. The minimum Gasteiger partial charge on any atom is -0.469 e. The Morgan fingerprint density at radius 1 is 0.547 bits per heavy atom. The fraction of sp³-hybridized carbons (Fsp3) is 0.868. The molecule has 3 aliphatic heterocycles. The largest absolute Gasteiger partial charge is 0.469 e. The van der Waals surface area contributed by atoms with Gasteiger partial charge in [0.15, 0.2) is 30.9 Å². The standard InChI is InChI=1S/C31H50O13.C7H14O2/c1-11-31(9,10)30(35)44-29-26(41-21(8)34)18(5)23(14-38-29)43-28-25(40-20(7)33)17(4)22(13-37-28)42-27-24(39-19(6)32)16(3)15(2)12-36-27;1-5-7(2,3)6(8)9-4/h15-18,22-29H,11-14H2,1-10H3;5H2,1-4H3. The van der Waals surface area contributed by atoms with E-state index >= 15 is 0 Å². The van der Waals surface area contributed by atoms with Gasteiger partial charge in [-0.15, -0.1) is 0 Å². The van der Waals surface area contributed by atoms with Crippen LogP contribution in [0, 0.1) is 34.5 Å². The quantitative estimate of drug-likeness (QED) is 0.197. The van der Waals surface area contributed by atoms with E-state index in [1.807, 2.05) is 48.5 Å². The first-order chi connectivity index (χ1) is 24.6. The normalized spacial score (nSPS) is 33.3. The summed E-state index contributed by atoms with van der Waals surface area (Å²) in [7, 11) is 1.42. The second-order valence-electron chi connectivity index (χ2n) is 15.6. The Labute approximate surface area is 314 Å². The maximum absolute atomic E-state index is 12.8. The van der Waals surface area contributed by atoms with Gasteiger partial charge in [-0.1, -0.05) is 41.5 Å². The molecular weight excluding hydrogens is 696 g/mol. The lowest BCUT2D eigenvalue weighted by Gasteiger charge is -2.46. The second-order valence-corrected chi connectivity index (χ2v) is 15.6. The molecule has 12 atom stereocenters. The highest BCUT2D eigenvalue weighted by atomic mass is 16.8. The molecule has 0 aromatic carbocycles. The van der Waals surface area contributed by atoms with Crippen molar-refractivity contribution in [3.05, 3.63) is 0 Å². The highest BCUT2D eigenvalue weighted by Crippen LogP contribution is 2.36. The number of carbonyl (C=O) groups is 5. The Morgan fingerprint density at radius 2 is 0.906 bits per heavy atom. The lowest BCUT2D eigenvalue weighted by atomic mass is 9.88. The van der Waals surface area contributed by atoms with Gasteiger partial charge < -0.3 is 47.4 Å². The van der Waals surface area contributed by atoms with Crippen molar-refractivity contribution < 1.29 is 71.3 Å². The van der Waals surface area contributed by atoms with E-state index in [-0.39, 0.29) is 36.4 Å². The van der Waals surface area contributed by atoms with Crippen molar-refractivity contribution in [2.24, 2.45) is 34.5 Å². The lowest BCUT2D eigenvalue weighted by molar-refractivity contribution is -0.333. The molecule has 3 aliphatic rings. The first-order valence-corrected chi connectivity index (χ1v) is 18.6. The average molecular weight is 761 g/mol. The zero-order valence-corrected chi connectivity index (χ0v) is 34.1. The van der Waals surface area contributed by atoms with Crippen LogP contribution in [0.4, 0.5) is 0 Å². The zero-order valence-electron chi connectivity index (χ0n) is 34.1. The Bertz CT molecular complexity index is 1230. The molecule has 15 nitrogen and oxygen atoms in total. The minimum absolute atomic E-state index is 0.000441. The summed E-state index contributed by atoms with van der Waals surface area (Å²) < 4.78 is 57.4. The number of carbonyl (C=O) groups excluding carboxylic acids is 5. The Kier molecular flexibility index (Phi) is 17.6. The van der Waals surface area contributed by atoms with Gasteiger partial charge in [0.2, 0.25) is 6.29 Å². The van der Waals surface area contributed by atoms with Crippen LogP contribution in [0.2, 0.25) is 0 Å². The fourth-order valence-electron chi connectivity index (χ4n) is 5.76. The summed E-state index contributed by atoms with van der Waals surface area (Å²) in [6.45, 7) is 23.2. The van der Waals surface area contributed by atoms with Crippen LogP contribution in [-0.2, 0) is 71.3 Å². The summed E-state index contributed by atoms with van der Waals surface area (Å²) in [5, 5.41) is 0. The Hall–Kier alpha value is -2.85. The van der Waals surface area contributed by atoms with Crippen molar-refractivity contribution >= 4 is 29.8 Å². The third kappa shape index (κ3) is 12.9. The first-order valence-electron chi connectivity index (χ1n) is 18.6. The predicted octanol–water partition coefficient (Wildman–Crippen LogP) is 4.74. The van der Waals surface area contributed by atoms with Crippen LogP contribution in [-0.4, -0.2) is 106 Å². The molecule has 0 aromatic heterocycles. The second kappa shape index (κ2) is 20.2. The summed E-state index contributed by atoms with van der Waals surface area (Å²) in [6, 6.07) is 0. The molecular formula is C38H64O15. The molecule has 0 saturated carbocycles. The minimum atomic E-state index is -1.12. The number of ether oxygens (including phenoxy) is 10. The summed E-state index contributed by atoms with van der Waals surface area (Å²) in [5.41, 5.74) is -1.06. The fourth-order valence-corrected chi connectivity index (χ4v) is 5.76. The van der Waals surface area contributed by atoms with Crippen LogP contribution in [0.25, 0.3) is 0 Å². The highest BCUT2D eigenvalue weighted by molar-refractivity contribution is 5.76. The summed E-state index contributed by atoms with van der Waals surface area (Å²) in [4.78, 5) is 59.6. The van der Waals surface area contributed by atoms with Crippen LogP contribution < -0.4 is 0 Å². The van der Waals surface area contributed by atoms with Crippen LogP contribution >= 0.6 is 0 Å². The smallest absolute Gasteiger partial charge is 0.313 e. The van der Waals surface area contributed by atoms with Gasteiger partial charge in [-0.05, 0) is 46.5 Å². The van der Waals surface area contributed by atoms with Gasteiger partial charge in [0, 0.05) is 38.5 Å². The first kappa shape index (κ1) is 46.3. The van der Waals surface area contributed by atoms with E-state index in [9.17, 15) is 24.0 Å². The molecule has 12 unspecified atom stereocenters. The topological polar surface area (TPSA) is 178 Å². The van der Waals surface area contributed by atoms with Crippen LogP contribution in [0.1, 0.15) is 103 Å². The van der Waals surface area contributed by atoms with Gasteiger partial charge in [0.05, 0.1) is 50.0 Å². The molecule has 0 spiro atoms. The zero-order chi connectivity index (χ0) is 40.4. The summed E-state index contributed by atoms with van der Waals surface area (Å²) in [5.74, 6) is -2.89. The molecule has 0 amide bonds. The Morgan fingerprint density at radius 3 is 1.28 bits per heavy atom. The maximum atomic E-state index is 12.8. The van der Waals surface area contributed by atoms with Crippen molar-refractivity contribution in [1.82, 2.24) is 0 Å². The average Bonchev–Trinajstić information content (AvgIpc) is 3.09. The molecule has 3 fully saturated rings. The van der Waals surface area contributed by atoms with Crippen LogP contribution in [0.5, 0.6) is 0 Å². The molecule has 3 rings (SSSR count). The van der Waals surface area contributed by atoms with Gasteiger partial charge in [-0.25, -0.2) is 0 Å². The molecule has 0 aliphatic carbocycles. The van der Waals surface area contributed by atoms with E-state index in [1.54, 1.807) is 20.8 Å². The molecule has 3 saturated heterocycles. The predicted molar refractivity (Wildman–Crippen MR) is 189 cm³/mol.